The molecule has 1 aliphatic heterocycles. The Labute approximate surface area is 148 Å². The van der Waals surface area contributed by atoms with E-state index in [1.165, 1.54) is 6.42 Å². The number of carbonyl (C=O) groups excluding carboxylic acids is 1. The molecule has 0 radical (unpaired) electrons. The van der Waals surface area contributed by atoms with Crippen molar-refractivity contribution in [3.63, 3.8) is 0 Å². The molecule has 0 unspecified atom stereocenters. The Hall–Kier alpha value is -2.57. The fourth-order valence-electron chi connectivity index (χ4n) is 3.09. The van der Waals surface area contributed by atoms with Gasteiger partial charge in [0.15, 0.2) is 5.82 Å². The zero-order valence-corrected chi connectivity index (χ0v) is 15.3. The first-order valence-electron chi connectivity index (χ1n) is 8.63. The molecule has 3 heterocycles. The van der Waals surface area contributed by atoms with Crippen molar-refractivity contribution in [1.82, 2.24) is 9.97 Å². The van der Waals surface area contributed by atoms with Gasteiger partial charge in [-0.3, -0.25) is 4.79 Å². The topological polar surface area (TPSA) is 74.5 Å². The molecule has 0 atom stereocenters. The number of nitrogens with zero attached hydrogens (tertiary/aromatic N) is 4. The largest absolute Gasteiger partial charge is 0.466 e. The zero-order chi connectivity index (χ0) is 18.0. The Morgan fingerprint density at radius 3 is 2.56 bits per heavy atom. The second kappa shape index (κ2) is 7.13. The summed E-state index contributed by atoms with van der Waals surface area (Å²) in [7, 11) is 3.82. The van der Waals surface area contributed by atoms with E-state index in [-0.39, 0.29) is 5.91 Å². The van der Waals surface area contributed by atoms with Crippen LogP contribution >= 0.6 is 0 Å². The lowest BCUT2D eigenvalue weighted by Gasteiger charge is -2.28. The third-order valence-electron chi connectivity index (χ3n) is 4.35. The van der Waals surface area contributed by atoms with Crippen molar-refractivity contribution in [2.75, 3.05) is 42.3 Å². The Morgan fingerprint density at radius 2 is 1.96 bits per heavy atom. The van der Waals surface area contributed by atoms with Gasteiger partial charge in [-0.1, -0.05) is 0 Å². The first-order valence-corrected chi connectivity index (χ1v) is 8.63. The van der Waals surface area contributed by atoms with Crippen LogP contribution in [0.15, 0.2) is 16.7 Å². The summed E-state index contributed by atoms with van der Waals surface area (Å²) in [5, 5.41) is 2.91. The van der Waals surface area contributed by atoms with Crippen LogP contribution < -0.4 is 15.1 Å². The number of aryl methyl sites for hydroxylation is 2. The predicted octanol–water partition coefficient (Wildman–Crippen LogP) is 3.00. The van der Waals surface area contributed by atoms with Gasteiger partial charge < -0.3 is 19.5 Å². The van der Waals surface area contributed by atoms with E-state index in [1.54, 1.807) is 19.2 Å². The number of anilines is 3. The molecule has 1 saturated heterocycles. The van der Waals surface area contributed by atoms with Crippen LogP contribution in [0.5, 0.6) is 0 Å². The van der Waals surface area contributed by atoms with Gasteiger partial charge in [0.2, 0.25) is 5.95 Å². The molecule has 7 heteroatoms. The number of amides is 1. The molecule has 1 N–H and O–H groups in total. The molecule has 1 amide bonds. The van der Waals surface area contributed by atoms with Gasteiger partial charge in [-0.25, -0.2) is 4.98 Å². The molecule has 1 aliphatic rings. The van der Waals surface area contributed by atoms with E-state index in [1.807, 2.05) is 25.9 Å². The van der Waals surface area contributed by atoms with Gasteiger partial charge in [0.05, 0.1) is 11.8 Å². The van der Waals surface area contributed by atoms with Crippen LogP contribution in [-0.4, -0.2) is 43.1 Å². The second-order valence-electron chi connectivity index (χ2n) is 6.63. The highest BCUT2D eigenvalue weighted by atomic mass is 16.3. The van der Waals surface area contributed by atoms with Crippen LogP contribution in [0.2, 0.25) is 0 Å². The smallest absolute Gasteiger partial charge is 0.259 e. The maximum absolute atomic E-state index is 12.6. The van der Waals surface area contributed by atoms with Crippen molar-refractivity contribution in [2.24, 2.45) is 0 Å². The quantitative estimate of drug-likeness (QED) is 0.920. The summed E-state index contributed by atoms with van der Waals surface area (Å²) in [6, 6.07) is 1.74. The number of nitrogens with one attached hydrogen (secondary N) is 1. The Kier molecular flexibility index (Phi) is 4.92. The molecule has 0 saturated carbocycles. The standard InChI is InChI=1S/C18H25N5O2/c1-12-10-14(13(2)25-12)17(24)20-15-11-19-18(21-16(15)22(3)4)23-8-6-5-7-9-23/h10-11H,5-9H2,1-4H3,(H,20,24). The zero-order valence-electron chi connectivity index (χ0n) is 15.3. The second-order valence-corrected chi connectivity index (χ2v) is 6.63. The van der Waals surface area contributed by atoms with Crippen LogP contribution in [0.25, 0.3) is 0 Å². The van der Waals surface area contributed by atoms with Gasteiger partial charge in [0.25, 0.3) is 5.91 Å². The van der Waals surface area contributed by atoms with Gasteiger partial charge >= 0.3 is 0 Å². The number of hydrogen-bond acceptors (Lipinski definition) is 6. The molecule has 25 heavy (non-hydrogen) atoms. The maximum Gasteiger partial charge on any atom is 0.259 e. The third kappa shape index (κ3) is 3.75. The van der Waals surface area contributed by atoms with Crippen LogP contribution in [0, 0.1) is 13.8 Å². The molecule has 3 rings (SSSR count). The number of aromatic nitrogens is 2. The lowest BCUT2D eigenvalue weighted by molar-refractivity contribution is 0.102. The Balaban J connectivity index is 1.85. The number of furan rings is 1. The number of hydrogen-bond donors (Lipinski definition) is 1. The Morgan fingerprint density at radius 1 is 1.24 bits per heavy atom. The fourth-order valence-corrected chi connectivity index (χ4v) is 3.09. The minimum atomic E-state index is -0.216. The molecule has 0 spiro atoms. The normalized spacial score (nSPS) is 14.5. The predicted molar refractivity (Wildman–Crippen MR) is 98.6 cm³/mol. The molecule has 0 aromatic carbocycles. The molecular formula is C18H25N5O2. The monoisotopic (exact) mass is 343 g/mol. The molecule has 2 aromatic heterocycles. The van der Waals surface area contributed by atoms with Crippen molar-refractivity contribution in [3.8, 4) is 0 Å². The average molecular weight is 343 g/mol. The number of rotatable bonds is 4. The van der Waals surface area contributed by atoms with Gasteiger partial charge in [-0.2, -0.15) is 4.98 Å². The van der Waals surface area contributed by atoms with Gasteiger partial charge in [-0.05, 0) is 39.2 Å². The van der Waals surface area contributed by atoms with E-state index < -0.39 is 0 Å². The first-order chi connectivity index (χ1) is 12.0. The SMILES string of the molecule is Cc1cc(C(=O)Nc2cnc(N3CCCCC3)nc2N(C)C)c(C)o1. The number of piperidine rings is 1. The third-order valence-corrected chi connectivity index (χ3v) is 4.35. The molecule has 2 aromatic rings. The molecule has 134 valence electrons. The summed E-state index contributed by atoms with van der Waals surface area (Å²) in [6.07, 6.45) is 5.28. The minimum Gasteiger partial charge on any atom is -0.466 e. The molecule has 7 nitrogen and oxygen atoms in total. The van der Waals surface area contributed by atoms with Crippen molar-refractivity contribution >= 4 is 23.4 Å². The molecule has 0 bridgehead atoms. The van der Waals surface area contributed by atoms with Crippen molar-refractivity contribution in [3.05, 3.63) is 29.3 Å². The highest BCUT2D eigenvalue weighted by Gasteiger charge is 2.19. The van der Waals surface area contributed by atoms with Crippen molar-refractivity contribution < 1.29 is 9.21 Å². The van der Waals surface area contributed by atoms with Crippen LogP contribution in [0.3, 0.4) is 0 Å². The summed E-state index contributed by atoms with van der Waals surface area (Å²) in [5.74, 6) is 2.52. The Bertz CT molecular complexity index is 763. The molecular weight excluding hydrogens is 318 g/mol. The van der Waals surface area contributed by atoms with Crippen LogP contribution in [0.1, 0.15) is 41.1 Å². The average Bonchev–Trinajstić information content (AvgIpc) is 2.94. The van der Waals surface area contributed by atoms with E-state index >= 15 is 0 Å². The highest BCUT2D eigenvalue weighted by Crippen LogP contribution is 2.26. The van der Waals surface area contributed by atoms with Gasteiger partial charge in [0, 0.05) is 27.2 Å². The highest BCUT2D eigenvalue weighted by molar-refractivity contribution is 6.06. The minimum absolute atomic E-state index is 0.216. The molecule has 1 fully saturated rings. The van der Waals surface area contributed by atoms with E-state index in [0.717, 1.165) is 31.9 Å². The van der Waals surface area contributed by atoms with E-state index in [0.29, 0.717) is 28.6 Å². The summed E-state index contributed by atoms with van der Waals surface area (Å²) in [4.78, 5) is 25.8. The number of carbonyl (C=O) groups is 1. The van der Waals surface area contributed by atoms with E-state index in [2.05, 4.69) is 20.2 Å². The summed E-state index contributed by atoms with van der Waals surface area (Å²) < 4.78 is 5.44. The van der Waals surface area contributed by atoms with Crippen LogP contribution in [0.4, 0.5) is 17.5 Å². The first kappa shape index (κ1) is 17.3. The lowest BCUT2D eigenvalue weighted by Crippen LogP contribution is -2.31. The summed E-state index contributed by atoms with van der Waals surface area (Å²) in [5.41, 5.74) is 1.12. The maximum atomic E-state index is 12.6. The van der Waals surface area contributed by atoms with E-state index in [9.17, 15) is 4.79 Å². The molecule has 0 aliphatic carbocycles. The van der Waals surface area contributed by atoms with Crippen molar-refractivity contribution in [1.29, 1.82) is 0 Å². The fraction of sp³-hybridized carbons (Fsp3) is 0.500. The van der Waals surface area contributed by atoms with Crippen LogP contribution in [-0.2, 0) is 0 Å². The lowest BCUT2D eigenvalue weighted by atomic mass is 10.1. The van der Waals surface area contributed by atoms with Gasteiger partial charge in [0.1, 0.15) is 17.2 Å². The summed E-state index contributed by atoms with van der Waals surface area (Å²) >= 11 is 0. The summed E-state index contributed by atoms with van der Waals surface area (Å²) in [6.45, 7) is 5.56. The van der Waals surface area contributed by atoms with Crippen molar-refractivity contribution in [2.45, 2.75) is 33.1 Å². The van der Waals surface area contributed by atoms with E-state index in [4.69, 9.17) is 4.42 Å². The van der Waals surface area contributed by atoms with Gasteiger partial charge in [-0.15, -0.1) is 0 Å².